The lowest BCUT2D eigenvalue weighted by Crippen LogP contribution is -2.43. The summed E-state index contributed by atoms with van der Waals surface area (Å²) in [6.07, 6.45) is -0.658. The van der Waals surface area contributed by atoms with Crippen molar-refractivity contribution in [3.63, 3.8) is 0 Å². The first-order valence-electron chi connectivity index (χ1n) is 7.06. The Morgan fingerprint density at radius 3 is 2.27 bits per heavy atom. The number of hydrogen-bond donors (Lipinski definition) is 1. The van der Waals surface area contributed by atoms with Gasteiger partial charge in [0.2, 0.25) is 0 Å². The Hall–Kier alpha value is -1.69. The minimum Gasteiger partial charge on any atom is -0.444 e. The highest BCUT2D eigenvalue weighted by Crippen LogP contribution is 2.10. The van der Waals surface area contributed by atoms with E-state index >= 15 is 0 Å². The van der Waals surface area contributed by atoms with E-state index in [1.54, 1.807) is 39.8 Å². The molecule has 0 aliphatic carbocycles. The van der Waals surface area contributed by atoms with Gasteiger partial charge in [0.05, 0.1) is 22.6 Å². The first-order chi connectivity index (χ1) is 10.1. The molecule has 0 spiro atoms. The molecule has 2 atom stereocenters. The number of rotatable bonds is 5. The fraction of sp³-hybridized carbons (Fsp3) is 0.500. The molecule has 0 aliphatic rings. The third-order valence-electron chi connectivity index (χ3n) is 2.77. The zero-order chi connectivity index (χ0) is 16.9. The van der Waals surface area contributed by atoms with Crippen LogP contribution in [0.4, 0.5) is 4.79 Å². The predicted octanol–water partition coefficient (Wildman–Crippen LogP) is 2.58. The fourth-order valence-electron chi connectivity index (χ4n) is 1.59. The number of benzene rings is 1. The van der Waals surface area contributed by atoms with Gasteiger partial charge in [0.1, 0.15) is 5.60 Å². The van der Waals surface area contributed by atoms with Crippen molar-refractivity contribution in [3.05, 3.63) is 29.8 Å². The molecule has 0 saturated heterocycles. The van der Waals surface area contributed by atoms with Crippen LogP contribution in [0, 0.1) is 6.92 Å². The molecule has 0 aliphatic heterocycles. The van der Waals surface area contributed by atoms with Gasteiger partial charge in [-0.2, -0.15) is 0 Å². The SMILES string of the molecule is Cc1ccc([S@](=O)CC(=O)[C@H](C)NC(=O)OC(C)(C)C)cc1. The van der Waals surface area contributed by atoms with Crippen molar-refractivity contribution < 1.29 is 18.5 Å². The van der Waals surface area contributed by atoms with Crippen molar-refractivity contribution in [1.82, 2.24) is 5.32 Å². The van der Waals surface area contributed by atoms with Gasteiger partial charge in [0.25, 0.3) is 0 Å². The van der Waals surface area contributed by atoms with Gasteiger partial charge in [0, 0.05) is 4.90 Å². The summed E-state index contributed by atoms with van der Waals surface area (Å²) in [7, 11) is -1.42. The molecule has 1 rings (SSSR count). The highest BCUT2D eigenvalue weighted by Gasteiger charge is 2.22. The molecule has 1 amide bonds. The van der Waals surface area contributed by atoms with Crippen LogP contribution in [-0.2, 0) is 20.3 Å². The van der Waals surface area contributed by atoms with Crippen LogP contribution >= 0.6 is 0 Å². The summed E-state index contributed by atoms with van der Waals surface area (Å²) in [5.41, 5.74) is 0.435. The van der Waals surface area contributed by atoms with E-state index in [9.17, 15) is 13.8 Å². The minimum absolute atomic E-state index is 0.139. The topological polar surface area (TPSA) is 72.5 Å². The molecule has 122 valence electrons. The molecule has 1 N–H and O–H groups in total. The Morgan fingerprint density at radius 2 is 1.77 bits per heavy atom. The van der Waals surface area contributed by atoms with Crippen LogP contribution in [0.25, 0.3) is 0 Å². The van der Waals surface area contributed by atoms with E-state index in [1.165, 1.54) is 0 Å². The maximum absolute atomic E-state index is 12.1. The second-order valence-electron chi connectivity index (χ2n) is 6.14. The molecule has 0 unspecified atom stereocenters. The lowest BCUT2D eigenvalue weighted by Gasteiger charge is -2.21. The van der Waals surface area contributed by atoms with Gasteiger partial charge in [-0.25, -0.2) is 4.79 Å². The molecule has 0 radical (unpaired) electrons. The highest BCUT2D eigenvalue weighted by molar-refractivity contribution is 7.85. The second kappa shape index (κ2) is 7.54. The maximum Gasteiger partial charge on any atom is 0.408 e. The van der Waals surface area contributed by atoms with Crippen molar-refractivity contribution in [2.24, 2.45) is 0 Å². The van der Waals surface area contributed by atoms with Crippen LogP contribution in [0.5, 0.6) is 0 Å². The number of alkyl carbamates (subject to hydrolysis) is 1. The molecule has 22 heavy (non-hydrogen) atoms. The molecule has 0 saturated carbocycles. The summed E-state index contributed by atoms with van der Waals surface area (Å²) in [5, 5.41) is 2.46. The Kier molecular flexibility index (Phi) is 6.29. The number of hydrogen-bond acceptors (Lipinski definition) is 4. The standard InChI is InChI=1S/C16H23NO4S/c1-11-6-8-13(9-7-11)22(20)10-14(18)12(2)17-15(19)21-16(3,4)5/h6-9,12H,10H2,1-5H3,(H,17,19)/t12-,22+/m0/s1. The molecular formula is C16H23NO4S. The van der Waals surface area contributed by atoms with E-state index in [1.807, 2.05) is 19.1 Å². The Morgan fingerprint density at radius 1 is 1.23 bits per heavy atom. The molecule has 0 fully saturated rings. The maximum atomic E-state index is 12.1. The van der Waals surface area contributed by atoms with Crippen LogP contribution in [0.2, 0.25) is 0 Å². The van der Waals surface area contributed by atoms with Crippen LogP contribution in [0.1, 0.15) is 33.3 Å². The molecule has 0 aromatic heterocycles. The molecule has 0 heterocycles. The van der Waals surface area contributed by atoms with E-state index in [4.69, 9.17) is 4.74 Å². The molecule has 1 aromatic carbocycles. The van der Waals surface area contributed by atoms with Crippen molar-refractivity contribution in [2.45, 2.75) is 51.2 Å². The van der Waals surface area contributed by atoms with Crippen molar-refractivity contribution in [2.75, 3.05) is 5.75 Å². The Labute approximate surface area is 133 Å². The Balaban J connectivity index is 2.55. The van der Waals surface area contributed by atoms with Gasteiger partial charge < -0.3 is 10.1 Å². The number of amides is 1. The lowest BCUT2D eigenvalue weighted by atomic mass is 10.2. The van der Waals surface area contributed by atoms with Crippen molar-refractivity contribution in [1.29, 1.82) is 0 Å². The summed E-state index contributed by atoms with van der Waals surface area (Å²) < 4.78 is 17.2. The summed E-state index contributed by atoms with van der Waals surface area (Å²) >= 11 is 0. The first kappa shape index (κ1) is 18.4. The van der Waals surface area contributed by atoms with Gasteiger partial charge in [0.15, 0.2) is 5.78 Å². The number of ketones is 1. The predicted molar refractivity (Wildman–Crippen MR) is 86.3 cm³/mol. The fourth-order valence-corrected chi connectivity index (χ4v) is 2.71. The zero-order valence-electron chi connectivity index (χ0n) is 13.6. The lowest BCUT2D eigenvalue weighted by molar-refractivity contribution is -0.118. The summed E-state index contributed by atoms with van der Waals surface area (Å²) in [4.78, 5) is 24.2. The quantitative estimate of drug-likeness (QED) is 0.903. The smallest absolute Gasteiger partial charge is 0.408 e. The van der Waals surface area contributed by atoms with Gasteiger partial charge in [-0.3, -0.25) is 9.00 Å². The van der Waals surface area contributed by atoms with Crippen LogP contribution < -0.4 is 5.32 Å². The summed E-state index contributed by atoms with van der Waals surface area (Å²) in [6.45, 7) is 8.71. The number of ether oxygens (including phenoxy) is 1. The minimum atomic E-state index is -1.42. The third kappa shape index (κ3) is 6.39. The van der Waals surface area contributed by atoms with Gasteiger partial charge >= 0.3 is 6.09 Å². The normalized spacial score (nSPS) is 14.0. The second-order valence-corrected chi connectivity index (χ2v) is 7.59. The van der Waals surface area contributed by atoms with Gasteiger partial charge in [-0.05, 0) is 46.8 Å². The Bertz CT molecular complexity index is 561. The van der Waals surface area contributed by atoms with E-state index in [0.29, 0.717) is 4.90 Å². The van der Waals surface area contributed by atoms with Crippen molar-refractivity contribution >= 4 is 22.7 Å². The number of nitrogens with one attached hydrogen (secondary N) is 1. The van der Waals surface area contributed by atoms with Gasteiger partial charge in [-0.15, -0.1) is 0 Å². The summed E-state index contributed by atoms with van der Waals surface area (Å²) in [6, 6.07) is 6.43. The molecule has 1 aromatic rings. The molecular weight excluding hydrogens is 302 g/mol. The molecule has 0 bridgehead atoms. The van der Waals surface area contributed by atoms with E-state index in [2.05, 4.69) is 5.32 Å². The average molecular weight is 325 g/mol. The van der Waals surface area contributed by atoms with Crippen LogP contribution in [-0.4, -0.2) is 33.5 Å². The first-order valence-corrected chi connectivity index (χ1v) is 8.37. The molecule has 5 nitrogen and oxygen atoms in total. The number of carbonyl (C=O) groups is 2. The van der Waals surface area contributed by atoms with E-state index < -0.39 is 28.5 Å². The zero-order valence-corrected chi connectivity index (χ0v) is 14.5. The average Bonchev–Trinajstić information content (AvgIpc) is 2.36. The molecule has 6 heteroatoms. The van der Waals surface area contributed by atoms with Crippen LogP contribution in [0.15, 0.2) is 29.2 Å². The largest absolute Gasteiger partial charge is 0.444 e. The van der Waals surface area contributed by atoms with Crippen molar-refractivity contribution in [3.8, 4) is 0 Å². The van der Waals surface area contributed by atoms with Crippen LogP contribution in [0.3, 0.4) is 0 Å². The number of aryl methyl sites for hydroxylation is 1. The number of carbonyl (C=O) groups excluding carboxylic acids is 2. The third-order valence-corrected chi connectivity index (χ3v) is 4.12. The van der Waals surface area contributed by atoms with E-state index in [0.717, 1.165) is 5.56 Å². The monoisotopic (exact) mass is 325 g/mol. The summed E-state index contributed by atoms with van der Waals surface area (Å²) in [5.74, 6) is -0.440. The van der Waals surface area contributed by atoms with Gasteiger partial charge in [-0.1, -0.05) is 17.7 Å². The highest BCUT2D eigenvalue weighted by atomic mass is 32.2. The van der Waals surface area contributed by atoms with E-state index in [-0.39, 0.29) is 11.5 Å². The number of Topliss-reactive ketones (excluding diaryl/α,β-unsaturated/α-hetero) is 1.